The van der Waals surface area contributed by atoms with Crippen LogP contribution in [0.5, 0.6) is 0 Å². The van der Waals surface area contributed by atoms with Crippen LogP contribution >= 0.6 is 11.6 Å². The second kappa shape index (κ2) is 6.50. The Morgan fingerprint density at radius 1 is 1.05 bits per heavy atom. The standard InChI is InChI=1S/C16H15ClF3N/c1-3-21-16(12-8-10(17)5-7-13(12)18)11-6-4-9(2)14(19)15(11)20/h4-8,16,21H,3H2,1-2H3. The minimum atomic E-state index is -0.972. The third kappa shape index (κ3) is 3.22. The molecule has 2 rings (SSSR count). The van der Waals surface area contributed by atoms with E-state index in [9.17, 15) is 13.2 Å². The first-order valence-corrected chi connectivity index (χ1v) is 6.96. The fraction of sp³-hybridized carbons (Fsp3) is 0.250. The number of benzene rings is 2. The first kappa shape index (κ1) is 15.9. The third-order valence-corrected chi connectivity index (χ3v) is 3.53. The van der Waals surface area contributed by atoms with Crippen LogP contribution < -0.4 is 5.32 Å². The van der Waals surface area contributed by atoms with Crippen molar-refractivity contribution in [2.45, 2.75) is 19.9 Å². The molecule has 1 nitrogen and oxygen atoms in total. The molecular weight excluding hydrogens is 299 g/mol. The van der Waals surface area contributed by atoms with E-state index in [1.807, 2.05) is 0 Å². The molecule has 1 N–H and O–H groups in total. The normalized spacial score (nSPS) is 12.5. The molecule has 0 aliphatic carbocycles. The topological polar surface area (TPSA) is 12.0 Å². The summed E-state index contributed by atoms with van der Waals surface area (Å²) in [5.41, 5.74) is 0.450. The molecule has 1 atom stereocenters. The SMILES string of the molecule is CCNC(c1cc(Cl)ccc1F)c1ccc(C)c(F)c1F. The molecule has 1 unspecified atom stereocenters. The Bertz CT molecular complexity index is 658. The van der Waals surface area contributed by atoms with Crippen LogP contribution in [0.3, 0.4) is 0 Å². The molecule has 0 saturated carbocycles. The molecule has 0 spiro atoms. The lowest BCUT2D eigenvalue weighted by atomic mass is 9.96. The van der Waals surface area contributed by atoms with Gasteiger partial charge < -0.3 is 5.32 Å². The predicted octanol–water partition coefficient (Wildman–Crippen LogP) is 4.76. The summed E-state index contributed by atoms with van der Waals surface area (Å²) >= 11 is 5.88. The van der Waals surface area contributed by atoms with E-state index in [-0.39, 0.29) is 16.7 Å². The molecule has 0 heterocycles. The predicted molar refractivity (Wildman–Crippen MR) is 78.0 cm³/mol. The maximum absolute atomic E-state index is 14.2. The second-order valence-electron chi connectivity index (χ2n) is 4.76. The summed E-state index contributed by atoms with van der Waals surface area (Å²) in [4.78, 5) is 0. The smallest absolute Gasteiger partial charge is 0.164 e. The highest BCUT2D eigenvalue weighted by Gasteiger charge is 2.23. The van der Waals surface area contributed by atoms with Crippen LogP contribution in [-0.4, -0.2) is 6.54 Å². The number of halogens is 4. The van der Waals surface area contributed by atoms with Gasteiger partial charge in [0, 0.05) is 16.1 Å². The average molecular weight is 314 g/mol. The first-order chi connectivity index (χ1) is 9.95. The van der Waals surface area contributed by atoms with Crippen molar-refractivity contribution in [1.29, 1.82) is 0 Å². The van der Waals surface area contributed by atoms with E-state index in [0.717, 1.165) is 0 Å². The Kier molecular flexibility index (Phi) is 4.91. The van der Waals surface area contributed by atoms with Crippen molar-refractivity contribution in [2.24, 2.45) is 0 Å². The zero-order valence-electron chi connectivity index (χ0n) is 11.7. The molecule has 2 aromatic carbocycles. The van der Waals surface area contributed by atoms with Gasteiger partial charge in [-0.25, -0.2) is 13.2 Å². The van der Waals surface area contributed by atoms with Gasteiger partial charge in [-0.05, 0) is 37.2 Å². The Morgan fingerprint density at radius 2 is 1.76 bits per heavy atom. The van der Waals surface area contributed by atoms with Gasteiger partial charge in [-0.1, -0.05) is 30.7 Å². The minimum Gasteiger partial charge on any atom is -0.306 e. The van der Waals surface area contributed by atoms with Crippen LogP contribution in [0.2, 0.25) is 5.02 Å². The van der Waals surface area contributed by atoms with Crippen LogP contribution in [0, 0.1) is 24.4 Å². The van der Waals surface area contributed by atoms with Crippen LogP contribution in [0.15, 0.2) is 30.3 Å². The van der Waals surface area contributed by atoms with Crippen LogP contribution in [0.25, 0.3) is 0 Å². The average Bonchev–Trinajstić information content (AvgIpc) is 2.46. The van der Waals surface area contributed by atoms with Crippen molar-refractivity contribution in [3.8, 4) is 0 Å². The monoisotopic (exact) mass is 313 g/mol. The maximum atomic E-state index is 14.2. The first-order valence-electron chi connectivity index (χ1n) is 6.58. The van der Waals surface area contributed by atoms with Crippen molar-refractivity contribution in [3.05, 3.63) is 69.5 Å². The minimum absolute atomic E-state index is 0.0566. The summed E-state index contributed by atoms with van der Waals surface area (Å²) in [5.74, 6) is -2.41. The Labute approximate surface area is 126 Å². The van der Waals surface area contributed by atoms with E-state index >= 15 is 0 Å². The van der Waals surface area contributed by atoms with Crippen LogP contribution in [0.4, 0.5) is 13.2 Å². The van der Waals surface area contributed by atoms with Gasteiger partial charge in [-0.3, -0.25) is 0 Å². The summed E-state index contributed by atoms with van der Waals surface area (Å²) in [5, 5.41) is 3.30. The van der Waals surface area contributed by atoms with Crippen molar-refractivity contribution in [3.63, 3.8) is 0 Å². The van der Waals surface area contributed by atoms with Crippen molar-refractivity contribution in [2.75, 3.05) is 6.54 Å². The van der Waals surface area contributed by atoms with E-state index in [2.05, 4.69) is 5.32 Å². The van der Waals surface area contributed by atoms with E-state index < -0.39 is 23.5 Å². The highest BCUT2D eigenvalue weighted by Crippen LogP contribution is 2.30. The van der Waals surface area contributed by atoms with E-state index in [0.29, 0.717) is 11.6 Å². The molecule has 21 heavy (non-hydrogen) atoms. The summed E-state index contributed by atoms with van der Waals surface area (Å²) < 4.78 is 42.0. The van der Waals surface area contributed by atoms with Gasteiger partial charge in [0.25, 0.3) is 0 Å². The summed E-state index contributed by atoms with van der Waals surface area (Å²) in [7, 11) is 0. The molecule has 0 aliphatic heterocycles. The summed E-state index contributed by atoms with van der Waals surface area (Å²) in [6, 6.07) is 6.17. The molecule has 0 saturated heterocycles. The lowest BCUT2D eigenvalue weighted by Gasteiger charge is -2.21. The summed E-state index contributed by atoms with van der Waals surface area (Å²) in [6.45, 7) is 3.74. The van der Waals surface area contributed by atoms with Gasteiger partial charge in [0.2, 0.25) is 0 Å². The fourth-order valence-electron chi connectivity index (χ4n) is 2.21. The van der Waals surface area contributed by atoms with E-state index in [1.54, 1.807) is 6.92 Å². The largest absolute Gasteiger partial charge is 0.306 e. The maximum Gasteiger partial charge on any atom is 0.164 e. The Morgan fingerprint density at radius 3 is 2.43 bits per heavy atom. The second-order valence-corrected chi connectivity index (χ2v) is 5.19. The number of hydrogen-bond acceptors (Lipinski definition) is 1. The van der Waals surface area contributed by atoms with Crippen molar-refractivity contribution in [1.82, 2.24) is 5.32 Å². The van der Waals surface area contributed by atoms with Gasteiger partial charge in [-0.15, -0.1) is 0 Å². The Balaban J connectivity index is 2.59. The number of aryl methyl sites for hydroxylation is 1. The van der Waals surface area contributed by atoms with Crippen molar-refractivity contribution < 1.29 is 13.2 Å². The quantitative estimate of drug-likeness (QED) is 0.857. The van der Waals surface area contributed by atoms with E-state index in [1.165, 1.54) is 37.3 Å². The lowest BCUT2D eigenvalue weighted by molar-refractivity contribution is 0.473. The zero-order chi connectivity index (χ0) is 15.6. The van der Waals surface area contributed by atoms with Gasteiger partial charge in [0.1, 0.15) is 5.82 Å². The van der Waals surface area contributed by atoms with E-state index in [4.69, 9.17) is 11.6 Å². The van der Waals surface area contributed by atoms with Gasteiger partial charge >= 0.3 is 0 Å². The van der Waals surface area contributed by atoms with Gasteiger partial charge in [-0.2, -0.15) is 0 Å². The highest BCUT2D eigenvalue weighted by molar-refractivity contribution is 6.30. The molecule has 112 valence electrons. The third-order valence-electron chi connectivity index (χ3n) is 3.29. The lowest BCUT2D eigenvalue weighted by Crippen LogP contribution is -2.24. The number of rotatable bonds is 4. The Hall–Kier alpha value is -1.52. The molecule has 0 aliphatic rings. The molecule has 2 aromatic rings. The zero-order valence-corrected chi connectivity index (χ0v) is 12.4. The molecule has 0 amide bonds. The van der Waals surface area contributed by atoms with Crippen LogP contribution in [0.1, 0.15) is 29.7 Å². The molecule has 0 radical (unpaired) electrons. The van der Waals surface area contributed by atoms with Gasteiger partial charge in [0.15, 0.2) is 11.6 Å². The highest BCUT2D eigenvalue weighted by atomic mass is 35.5. The molecule has 0 bridgehead atoms. The molecule has 5 heteroatoms. The summed E-state index contributed by atoms with van der Waals surface area (Å²) in [6.07, 6.45) is 0. The molecule has 0 aromatic heterocycles. The number of nitrogens with one attached hydrogen (secondary N) is 1. The van der Waals surface area contributed by atoms with Gasteiger partial charge in [0.05, 0.1) is 6.04 Å². The van der Waals surface area contributed by atoms with Crippen LogP contribution in [-0.2, 0) is 0 Å². The molecule has 0 fully saturated rings. The molecular formula is C16H15ClF3N. The van der Waals surface area contributed by atoms with Crippen molar-refractivity contribution >= 4 is 11.6 Å². The fourth-order valence-corrected chi connectivity index (χ4v) is 2.39. The number of hydrogen-bond donors (Lipinski definition) is 1.